The quantitative estimate of drug-likeness (QED) is 0.913. The zero-order valence-corrected chi connectivity index (χ0v) is 15.0. The van der Waals surface area contributed by atoms with E-state index in [0.29, 0.717) is 19.6 Å². The predicted octanol–water partition coefficient (Wildman–Crippen LogP) is 2.45. The van der Waals surface area contributed by atoms with Gasteiger partial charge in [-0.15, -0.1) is 0 Å². The SMILES string of the molecule is CC(C)C1CN(C(=O)c2ncc[nH]2)CCC(=O)N1Cc1ccc(F)cc1. The lowest BCUT2D eigenvalue weighted by Gasteiger charge is -2.34. The third-order valence-corrected chi connectivity index (χ3v) is 4.75. The van der Waals surface area contributed by atoms with E-state index in [1.165, 1.54) is 18.3 Å². The van der Waals surface area contributed by atoms with E-state index in [4.69, 9.17) is 0 Å². The van der Waals surface area contributed by atoms with Crippen LogP contribution in [0.5, 0.6) is 0 Å². The molecule has 1 aliphatic heterocycles. The topological polar surface area (TPSA) is 69.3 Å². The second kappa shape index (κ2) is 7.68. The van der Waals surface area contributed by atoms with E-state index >= 15 is 0 Å². The molecule has 1 N–H and O–H groups in total. The highest BCUT2D eigenvalue weighted by Crippen LogP contribution is 2.22. The van der Waals surface area contributed by atoms with Gasteiger partial charge in [-0.05, 0) is 23.6 Å². The van der Waals surface area contributed by atoms with Crippen LogP contribution in [0.3, 0.4) is 0 Å². The minimum atomic E-state index is -0.299. The molecule has 0 aliphatic carbocycles. The molecule has 1 saturated heterocycles. The van der Waals surface area contributed by atoms with E-state index in [0.717, 1.165) is 5.56 Å². The second-order valence-corrected chi connectivity index (χ2v) is 6.90. The number of imidazole rings is 1. The first kappa shape index (κ1) is 18.1. The summed E-state index contributed by atoms with van der Waals surface area (Å²) in [5, 5.41) is 0. The van der Waals surface area contributed by atoms with Crippen molar-refractivity contribution in [2.24, 2.45) is 5.92 Å². The maximum absolute atomic E-state index is 13.2. The monoisotopic (exact) mass is 358 g/mol. The average molecular weight is 358 g/mol. The van der Waals surface area contributed by atoms with Crippen molar-refractivity contribution in [3.63, 3.8) is 0 Å². The molecule has 1 aromatic carbocycles. The summed E-state index contributed by atoms with van der Waals surface area (Å²) in [7, 11) is 0. The molecule has 1 aromatic heterocycles. The Morgan fingerprint density at radius 2 is 2.08 bits per heavy atom. The first-order chi connectivity index (χ1) is 12.5. The fourth-order valence-electron chi connectivity index (χ4n) is 3.25. The van der Waals surface area contributed by atoms with E-state index in [9.17, 15) is 14.0 Å². The molecule has 0 radical (unpaired) electrons. The summed E-state index contributed by atoms with van der Waals surface area (Å²) in [4.78, 5) is 35.8. The highest BCUT2D eigenvalue weighted by molar-refractivity contribution is 5.91. The molecule has 0 spiro atoms. The van der Waals surface area contributed by atoms with Gasteiger partial charge in [-0.3, -0.25) is 9.59 Å². The average Bonchev–Trinajstić information content (AvgIpc) is 3.10. The number of aromatic nitrogens is 2. The Labute approximate surface area is 152 Å². The van der Waals surface area contributed by atoms with Gasteiger partial charge in [0.2, 0.25) is 5.91 Å². The lowest BCUT2D eigenvalue weighted by Crippen LogP contribution is -2.47. The van der Waals surface area contributed by atoms with Crippen molar-refractivity contribution in [3.8, 4) is 0 Å². The molecule has 2 amide bonds. The summed E-state index contributed by atoms with van der Waals surface area (Å²) < 4.78 is 13.2. The van der Waals surface area contributed by atoms with Crippen LogP contribution in [0.1, 0.15) is 36.5 Å². The van der Waals surface area contributed by atoms with Gasteiger partial charge in [-0.1, -0.05) is 26.0 Å². The van der Waals surface area contributed by atoms with Crippen LogP contribution in [0.25, 0.3) is 0 Å². The zero-order chi connectivity index (χ0) is 18.7. The number of carbonyl (C=O) groups excluding carboxylic acids is 2. The number of aromatic amines is 1. The molecule has 3 rings (SSSR count). The Kier molecular flexibility index (Phi) is 5.35. The highest BCUT2D eigenvalue weighted by Gasteiger charge is 2.34. The molecule has 1 unspecified atom stereocenters. The summed E-state index contributed by atoms with van der Waals surface area (Å²) in [6.07, 6.45) is 3.41. The summed E-state index contributed by atoms with van der Waals surface area (Å²) >= 11 is 0. The molecule has 138 valence electrons. The van der Waals surface area contributed by atoms with Gasteiger partial charge < -0.3 is 14.8 Å². The standard InChI is InChI=1S/C19H23FN4O2/c1-13(2)16-12-23(19(26)18-21-8-9-22-18)10-7-17(25)24(16)11-14-3-5-15(20)6-4-14/h3-6,8-9,13,16H,7,10-12H2,1-2H3,(H,21,22). The molecule has 2 aromatic rings. The molecule has 0 saturated carbocycles. The van der Waals surface area contributed by atoms with E-state index in [1.54, 1.807) is 23.2 Å². The van der Waals surface area contributed by atoms with E-state index in [-0.39, 0.29) is 41.8 Å². The van der Waals surface area contributed by atoms with E-state index < -0.39 is 0 Å². The number of hydrogen-bond donors (Lipinski definition) is 1. The van der Waals surface area contributed by atoms with Crippen LogP contribution in [0.4, 0.5) is 4.39 Å². The minimum Gasteiger partial charge on any atom is -0.341 e. The molecule has 6 nitrogen and oxygen atoms in total. The zero-order valence-electron chi connectivity index (χ0n) is 15.0. The first-order valence-electron chi connectivity index (χ1n) is 8.78. The number of amides is 2. The summed E-state index contributed by atoms with van der Waals surface area (Å²) in [6, 6.07) is 6.06. The molecule has 1 aliphatic rings. The van der Waals surface area contributed by atoms with Crippen LogP contribution in [0.2, 0.25) is 0 Å². The van der Waals surface area contributed by atoms with Gasteiger partial charge >= 0.3 is 0 Å². The lowest BCUT2D eigenvalue weighted by molar-refractivity contribution is -0.134. The van der Waals surface area contributed by atoms with Crippen LogP contribution in [-0.2, 0) is 11.3 Å². The summed E-state index contributed by atoms with van der Waals surface area (Å²) in [6.45, 7) is 5.29. The lowest BCUT2D eigenvalue weighted by atomic mass is 10.0. The Morgan fingerprint density at radius 3 is 2.69 bits per heavy atom. The number of carbonyl (C=O) groups is 2. The number of halogens is 1. The number of hydrogen-bond acceptors (Lipinski definition) is 3. The van der Waals surface area contributed by atoms with Gasteiger partial charge in [0, 0.05) is 38.4 Å². The third kappa shape index (κ3) is 3.92. The fourth-order valence-corrected chi connectivity index (χ4v) is 3.25. The molecular weight excluding hydrogens is 335 g/mol. The van der Waals surface area contributed by atoms with Crippen LogP contribution >= 0.6 is 0 Å². The first-order valence-corrected chi connectivity index (χ1v) is 8.78. The minimum absolute atomic E-state index is 0.00256. The van der Waals surface area contributed by atoms with E-state index in [2.05, 4.69) is 9.97 Å². The molecule has 1 atom stereocenters. The molecule has 26 heavy (non-hydrogen) atoms. The van der Waals surface area contributed by atoms with Crippen LogP contribution in [-0.4, -0.2) is 50.7 Å². The van der Waals surface area contributed by atoms with Gasteiger partial charge in [0.25, 0.3) is 5.91 Å². The van der Waals surface area contributed by atoms with Crippen molar-refractivity contribution in [2.75, 3.05) is 13.1 Å². The van der Waals surface area contributed by atoms with Crippen molar-refractivity contribution in [1.29, 1.82) is 0 Å². The van der Waals surface area contributed by atoms with Crippen LogP contribution in [0.15, 0.2) is 36.7 Å². The van der Waals surface area contributed by atoms with E-state index in [1.807, 2.05) is 18.7 Å². The number of nitrogens with zero attached hydrogens (tertiary/aromatic N) is 3. The summed E-state index contributed by atoms with van der Waals surface area (Å²) in [5.74, 6) is -0.0391. The number of benzene rings is 1. The number of nitrogens with one attached hydrogen (secondary N) is 1. The van der Waals surface area contributed by atoms with Crippen molar-refractivity contribution >= 4 is 11.8 Å². The van der Waals surface area contributed by atoms with Crippen LogP contribution < -0.4 is 0 Å². The maximum atomic E-state index is 13.2. The third-order valence-electron chi connectivity index (χ3n) is 4.75. The number of H-pyrrole nitrogens is 1. The maximum Gasteiger partial charge on any atom is 0.289 e. The Balaban J connectivity index is 1.81. The van der Waals surface area contributed by atoms with Crippen molar-refractivity contribution < 1.29 is 14.0 Å². The van der Waals surface area contributed by atoms with Gasteiger partial charge in [-0.25, -0.2) is 9.37 Å². The van der Waals surface area contributed by atoms with Gasteiger partial charge in [0.05, 0.1) is 6.04 Å². The van der Waals surface area contributed by atoms with Crippen molar-refractivity contribution in [1.82, 2.24) is 19.8 Å². The van der Waals surface area contributed by atoms with Crippen LogP contribution in [0, 0.1) is 11.7 Å². The van der Waals surface area contributed by atoms with Gasteiger partial charge in [-0.2, -0.15) is 0 Å². The molecule has 7 heteroatoms. The normalized spacial score (nSPS) is 18.3. The Bertz CT molecular complexity index is 758. The smallest absolute Gasteiger partial charge is 0.289 e. The fraction of sp³-hybridized carbons (Fsp3) is 0.421. The Hall–Kier alpha value is -2.70. The molecular formula is C19H23FN4O2. The highest BCUT2D eigenvalue weighted by atomic mass is 19.1. The predicted molar refractivity (Wildman–Crippen MR) is 94.7 cm³/mol. The largest absolute Gasteiger partial charge is 0.341 e. The Morgan fingerprint density at radius 1 is 1.35 bits per heavy atom. The van der Waals surface area contributed by atoms with Gasteiger partial charge in [0.1, 0.15) is 5.82 Å². The van der Waals surface area contributed by atoms with Gasteiger partial charge in [0.15, 0.2) is 5.82 Å². The van der Waals surface area contributed by atoms with Crippen molar-refractivity contribution in [3.05, 3.63) is 53.9 Å². The molecule has 0 bridgehead atoms. The van der Waals surface area contributed by atoms with Crippen molar-refractivity contribution in [2.45, 2.75) is 32.9 Å². The summed E-state index contributed by atoms with van der Waals surface area (Å²) in [5.41, 5.74) is 0.871. The number of rotatable bonds is 4. The molecule has 1 fully saturated rings. The molecule has 2 heterocycles. The second-order valence-electron chi connectivity index (χ2n) is 6.90.